The Hall–Kier alpha value is -3.84. The molecule has 0 atom stereocenters. The van der Waals surface area contributed by atoms with Crippen molar-refractivity contribution in [3.63, 3.8) is 0 Å². The molecule has 0 N–H and O–H groups in total. The van der Waals surface area contributed by atoms with Crippen molar-refractivity contribution in [3.05, 3.63) is 88.9 Å². The zero-order chi connectivity index (χ0) is 25.6. The first-order valence-electron chi connectivity index (χ1n) is 13.0. The molecule has 7 heteroatoms. The molecular formula is C31H37N3O4. The highest BCUT2D eigenvalue weighted by Crippen LogP contribution is 2.28. The van der Waals surface area contributed by atoms with Crippen molar-refractivity contribution in [2.45, 2.75) is 46.9 Å². The number of fused-ring (bicyclic) bond motifs is 1. The zero-order valence-electron chi connectivity index (χ0n) is 21.3. The normalized spacial score (nSPS) is 13.9. The second kappa shape index (κ2) is 12.6. The summed E-state index contributed by atoms with van der Waals surface area (Å²) in [5.41, 5.74) is 5.85. The van der Waals surface area contributed by atoms with Crippen molar-refractivity contribution >= 4 is 22.8 Å². The predicted octanol–water partition coefficient (Wildman–Crippen LogP) is 5.91. The highest BCUT2D eigenvalue weighted by atomic mass is 16.5. The van der Waals surface area contributed by atoms with E-state index in [4.69, 9.17) is 9.15 Å². The molecule has 0 bridgehead atoms. The molecular weight excluding hydrogens is 478 g/mol. The lowest BCUT2D eigenvalue weighted by atomic mass is 10.0. The number of unbranched alkanes of at least 4 members (excludes halogenated alkanes) is 1. The summed E-state index contributed by atoms with van der Waals surface area (Å²) in [4.78, 5) is 29.2. The first-order valence-corrected chi connectivity index (χ1v) is 13.0. The van der Waals surface area contributed by atoms with E-state index in [1.165, 1.54) is 21.3 Å². The topological polar surface area (TPSA) is 67.9 Å². The van der Waals surface area contributed by atoms with Crippen LogP contribution in [0.15, 0.2) is 82.0 Å². The van der Waals surface area contributed by atoms with Gasteiger partial charge >= 0.3 is 11.7 Å². The van der Waals surface area contributed by atoms with Gasteiger partial charge in [0.1, 0.15) is 0 Å². The summed E-state index contributed by atoms with van der Waals surface area (Å²) in [7, 11) is 0. The van der Waals surface area contributed by atoms with Crippen molar-refractivity contribution in [3.8, 4) is 11.1 Å². The molecule has 0 radical (unpaired) electrons. The van der Waals surface area contributed by atoms with Gasteiger partial charge < -0.3 is 14.1 Å². The van der Waals surface area contributed by atoms with E-state index in [-0.39, 0.29) is 20.1 Å². The van der Waals surface area contributed by atoms with Gasteiger partial charge in [-0.1, -0.05) is 75.4 Å². The largest absolute Gasteiger partial charge is 0.444 e. The zero-order valence-corrected chi connectivity index (χ0v) is 21.3. The van der Waals surface area contributed by atoms with Crippen LogP contribution in [0.1, 0.15) is 39.2 Å². The molecule has 2 heterocycles. The lowest BCUT2D eigenvalue weighted by molar-refractivity contribution is -0.147. The average Bonchev–Trinajstić information content (AvgIpc) is 3.26. The number of nitrogens with zero attached hydrogens (tertiary/aromatic N) is 3. The summed E-state index contributed by atoms with van der Waals surface area (Å²) >= 11 is 0. The number of hydrogen-bond acceptors (Lipinski definition) is 6. The molecule has 200 valence electrons. The van der Waals surface area contributed by atoms with Crippen LogP contribution in [-0.4, -0.2) is 41.6 Å². The van der Waals surface area contributed by atoms with E-state index in [0.717, 1.165) is 51.3 Å². The number of esters is 1. The number of carbonyl (C=O) groups excluding carboxylic acids is 1. The number of aromatic nitrogens is 1. The molecule has 3 aromatic carbocycles. The number of ether oxygens (including phenoxy) is 1. The number of rotatable bonds is 9. The van der Waals surface area contributed by atoms with Gasteiger partial charge in [0.05, 0.1) is 11.2 Å². The fourth-order valence-corrected chi connectivity index (χ4v) is 4.86. The Kier molecular flexibility index (Phi) is 9.02. The van der Waals surface area contributed by atoms with Gasteiger partial charge in [-0.2, -0.15) is 0 Å². The van der Waals surface area contributed by atoms with Crippen LogP contribution < -0.4 is 10.7 Å². The second-order valence-corrected chi connectivity index (χ2v) is 9.50. The number of carbonyl (C=O) groups is 1. The number of para-hydroxylation sites is 1. The molecule has 0 aliphatic carbocycles. The molecule has 4 aromatic rings. The third-order valence-electron chi connectivity index (χ3n) is 6.92. The Morgan fingerprint density at radius 3 is 2.42 bits per heavy atom. The van der Waals surface area contributed by atoms with E-state index < -0.39 is 5.76 Å². The minimum Gasteiger partial charge on any atom is -0.444 e. The number of oxazole rings is 1. The summed E-state index contributed by atoms with van der Waals surface area (Å²) in [5, 5.41) is 0. The van der Waals surface area contributed by atoms with Crippen LogP contribution in [0.3, 0.4) is 0 Å². The van der Waals surface area contributed by atoms with Crippen LogP contribution in [0.25, 0.3) is 22.2 Å². The van der Waals surface area contributed by atoms with Crippen LogP contribution >= 0.6 is 0 Å². The Morgan fingerprint density at radius 2 is 1.66 bits per heavy atom. The van der Waals surface area contributed by atoms with Gasteiger partial charge in [0.25, 0.3) is 0 Å². The van der Waals surface area contributed by atoms with Crippen LogP contribution in [0, 0.1) is 0 Å². The molecule has 0 saturated carbocycles. The maximum Gasteiger partial charge on any atom is 0.422 e. The lowest BCUT2D eigenvalue weighted by Gasteiger charge is -2.36. The molecule has 0 unspecified atom stereocenters. The highest BCUT2D eigenvalue weighted by molar-refractivity contribution is 5.87. The molecule has 5 rings (SSSR count). The maximum atomic E-state index is 12.6. The van der Waals surface area contributed by atoms with Crippen molar-refractivity contribution < 1.29 is 13.9 Å². The standard InChI is InChI=1S/C30H33N3O4.CH4/c1-2-3-15-28(34)36-22-33-27-14-8-13-26(29(27)37-30(33)35)32-18-16-31(17-19-32)21-23-9-7-12-25(20-23)24-10-5-4-6-11-24;/h4-14,20H,2-3,15-19,21-22H2,1H3;1H4. The molecule has 1 saturated heterocycles. The summed E-state index contributed by atoms with van der Waals surface area (Å²) in [5.74, 6) is -0.813. The van der Waals surface area contributed by atoms with E-state index >= 15 is 0 Å². The third kappa shape index (κ3) is 6.17. The summed E-state index contributed by atoms with van der Waals surface area (Å²) in [6, 6.07) is 24.9. The Balaban J connectivity index is 0.00000336. The highest BCUT2D eigenvalue weighted by Gasteiger charge is 2.22. The van der Waals surface area contributed by atoms with E-state index in [2.05, 4.69) is 58.3 Å². The van der Waals surface area contributed by atoms with Crippen molar-refractivity contribution in [2.75, 3.05) is 31.1 Å². The van der Waals surface area contributed by atoms with E-state index in [0.29, 0.717) is 17.5 Å². The van der Waals surface area contributed by atoms with Crippen LogP contribution in [0.2, 0.25) is 0 Å². The Morgan fingerprint density at radius 1 is 0.921 bits per heavy atom. The first-order chi connectivity index (χ1) is 18.1. The van der Waals surface area contributed by atoms with E-state index in [9.17, 15) is 9.59 Å². The van der Waals surface area contributed by atoms with E-state index in [1.54, 1.807) is 0 Å². The molecule has 0 amide bonds. The summed E-state index contributed by atoms with van der Waals surface area (Å²) in [6.45, 7) is 6.27. The molecule has 1 aliphatic rings. The minimum absolute atomic E-state index is 0. The van der Waals surface area contributed by atoms with Crippen LogP contribution in [-0.2, 0) is 22.8 Å². The second-order valence-electron chi connectivity index (χ2n) is 9.50. The molecule has 0 spiro atoms. The number of hydrogen-bond donors (Lipinski definition) is 0. The van der Waals surface area contributed by atoms with Gasteiger partial charge in [-0.3, -0.25) is 9.69 Å². The number of benzene rings is 3. The maximum absolute atomic E-state index is 12.6. The van der Waals surface area contributed by atoms with Gasteiger partial charge in [0, 0.05) is 39.1 Å². The lowest BCUT2D eigenvalue weighted by Crippen LogP contribution is -2.46. The van der Waals surface area contributed by atoms with Crippen LogP contribution in [0.4, 0.5) is 5.69 Å². The van der Waals surface area contributed by atoms with E-state index in [1.807, 2.05) is 31.2 Å². The monoisotopic (exact) mass is 515 g/mol. The van der Waals surface area contributed by atoms with Gasteiger partial charge in [-0.05, 0) is 41.3 Å². The van der Waals surface area contributed by atoms with Gasteiger partial charge in [0.2, 0.25) is 0 Å². The molecule has 1 aromatic heterocycles. The Bertz CT molecular complexity index is 1400. The summed E-state index contributed by atoms with van der Waals surface area (Å²) < 4.78 is 12.3. The molecule has 1 fully saturated rings. The average molecular weight is 516 g/mol. The third-order valence-corrected chi connectivity index (χ3v) is 6.92. The van der Waals surface area contributed by atoms with Crippen molar-refractivity contribution in [1.82, 2.24) is 9.47 Å². The van der Waals surface area contributed by atoms with Gasteiger partial charge in [-0.15, -0.1) is 0 Å². The fourth-order valence-electron chi connectivity index (χ4n) is 4.86. The number of anilines is 1. The Labute approximate surface area is 224 Å². The number of piperazine rings is 1. The molecule has 1 aliphatic heterocycles. The smallest absolute Gasteiger partial charge is 0.422 e. The molecule has 7 nitrogen and oxygen atoms in total. The fraction of sp³-hybridized carbons (Fsp3) is 0.355. The summed E-state index contributed by atoms with van der Waals surface area (Å²) in [6.07, 6.45) is 2.04. The SMILES string of the molecule is C.CCCCC(=O)OCn1c(=O)oc2c(N3CCN(Cc4cccc(-c5ccccc5)c4)CC3)cccc21. The van der Waals surface area contributed by atoms with Gasteiger partial charge in [-0.25, -0.2) is 9.36 Å². The first kappa shape index (κ1) is 27.2. The van der Waals surface area contributed by atoms with Crippen LogP contribution in [0.5, 0.6) is 0 Å². The van der Waals surface area contributed by atoms with Gasteiger partial charge in [0.15, 0.2) is 12.3 Å². The minimum atomic E-state index is -0.511. The molecule has 38 heavy (non-hydrogen) atoms. The quantitative estimate of drug-likeness (QED) is 0.258. The predicted molar refractivity (Wildman–Crippen MR) is 152 cm³/mol. The van der Waals surface area contributed by atoms with Crippen molar-refractivity contribution in [1.29, 1.82) is 0 Å². The van der Waals surface area contributed by atoms with Crippen molar-refractivity contribution in [2.24, 2.45) is 0 Å².